The summed E-state index contributed by atoms with van der Waals surface area (Å²) in [4.78, 5) is 11.7. The fraction of sp³-hybridized carbons (Fsp3) is 0.462. The summed E-state index contributed by atoms with van der Waals surface area (Å²) in [5, 5.41) is 2.90. The molecule has 0 atom stereocenters. The molecule has 1 amide bonds. The molecule has 4 heteroatoms. The van der Waals surface area contributed by atoms with E-state index in [2.05, 4.69) is 11.6 Å². The Bertz CT molecular complexity index is 355. The van der Waals surface area contributed by atoms with Gasteiger partial charge in [-0.05, 0) is 43.0 Å². The molecule has 0 unspecified atom stereocenters. The highest BCUT2D eigenvalue weighted by Gasteiger charge is 2.03. The zero-order chi connectivity index (χ0) is 12.5. The van der Waals surface area contributed by atoms with Gasteiger partial charge in [-0.2, -0.15) is 11.8 Å². The highest BCUT2D eigenvalue weighted by atomic mass is 32.2. The summed E-state index contributed by atoms with van der Waals surface area (Å²) < 4.78 is 0. The molecule has 0 spiro atoms. The molecule has 0 aliphatic rings. The molecule has 1 rings (SSSR count). The van der Waals surface area contributed by atoms with E-state index in [0.29, 0.717) is 11.3 Å². The Morgan fingerprint density at radius 2 is 2.18 bits per heavy atom. The number of amides is 1. The minimum atomic E-state index is -0.0397. The summed E-state index contributed by atoms with van der Waals surface area (Å²) in [5.74, 6) is 1.16. The standard InChI is InChI=1S/C13H20N2OS/c1-17-9-4-2-3-8-15-13(16)11-6-5-7-12(14)10-11/h5-7,10H,2-4,8-9,14H2,1H3,(H,15,16). The van der Waals surface area contributed by atoms with E-state index in [1.807, 2.05) is 11.8 Å². The van der Waals surface area contributed by atoms with Crippen LogP contribution in [-0.4, -0.2) is 24.5 Å². The van der Waals surface area contributed by atoms with Crippen LogP contribution in [-0.2, 0) is 0 Å². The summed E-state index contributed by atoms with van der Waals surface area (Å²) >= 11 is 1.86. The van der Waals surface area contributed by atoms with Crippen LogP contribution in [0.25, 0.3) is 0 Å². The number of carbonyl (C=O) groups excluding carboxylic acids is 1. The minimum Gasteiger partial charge on any atom is -0.399 e. The monoisotopic (exact) mass is 252 g/mol. The van der Waals surface area contributed by atoms with Gasteiger partial charge in [0.25, 0.3) is 5.91 Å². The number of anilines is 1. The molecule has 1 aromatic carbocycles. The summed E-state index contributed by atoms with van der Waals surface area (Å²) in [7, 11) is 0. The first-order chi connectivity index (χ1) is 8.24. The van der Waals surface area contributed by atoms with Gasteiger partial charge in [0.15, 0.2) is 0 Å². The number of nitrogen functional groups attached to an aromatic ring is 1. The molecule has 0 bridgehead atoms. The maximum atomic E-state index is 11.7. The van der Waals surface area contributed by atoms with Gasteiger partial charge in [-0.15, -0.1) is 0 Å². The van der Waals surface area contributed by atoms with Gasteiger partial charge in [0.1, 0.15) is 0 Å². The van der Waals surface area contributed by atoms with Crippen LogP contribution in [0.15, 0.2) is 24.3 Å². The number of thioether (sulfide) groups is 1. The smallest absolute Gasteiger partial charge is 0.251 e. The molecule has 94 valence electrons. The third kappa shape index (κ3) is 5.63. The van der Waals surface area contributed by atoms with Gasteiger partial charge >= 0.3 is 0 Å². The van der Waals surface area contributed by atoms with Crippen LogP contribution in [0, 0.1) is 0 Å². The van der Waals surface area contributed by atoms with Gasteiger partial charge < -0.3 is 11.1 Å². The maximum absolute atomic E-state index is 11.7. The lowest BCUT2D eigenvalue weighted by Crippen LogP contribution is -2.24. The molecule has 17 heavy (non-hydrogen) atoms. The van der Waals surface area contributed by atoms with E-state index < -0.39 is 0 Å². The zero-order valence-corrected chi connectivity index (χ0v) is 11.1. The third-order valence-electron chi connectivity index (χ3n) is 2.46. The predicted octanol–water partition coefficient (Wildman–Crippen LogP) is 2.53. The number of benzene rings is 1. The van der Waals surface area contributed by atoms with E-state index in [4.69, 9.17) is 5.73 Å². The van der Waals surface area contributed by atoms with Crippen LogP contribution < -0.4 is 11.1 Å². The zero-order valence-electron chi connectivity index (χ0n) is 10.2. The fourth-order valence-electron chi connectivity index (χ4n) is 1.53. The number of nitrogens with two attached hydrogens (primary N) is 1. The molecule has 0 fully saturated rings. The SMILES string of the molecule is CSCCCCCNC(=O)c1cccc(N)c1. The Balaban J connectivity index is 2.21. The fourth-order valence-corrected chi connectivity index (χ4v) is 2.02. The van der Waals surface area contributed by atoms with E-state index in [0.717, 1.165) is 19.4 Å². The van der Waals surface area contributed by atoms with Gasteiger partial charge in [0.05, 0.1) is 0 Å². The molecular weight excluding hydrogens is 232 g/mol. The average Bonchev–Trinajstić information content (AvgIpc) is 2.33. The molecule has 0 saturated heterocycles. The molecule has 0 heterocycles. The first-order valence-electron chi connectivity index (χ1n) is 5.86. The second-order valence-corrected chi connectivity index (χ2v) is 4.92. The summed E-state index contributed by atoms with van der Waals surface area (Å²) in [6.07, 6.45) is 5.53. The maximum Gasteiger partial charge on any atom is 0.251 e. The number of hydrogen-bond donors (Lipinski definition) is 2. The molecule has 0 aliphatic carbocycles. The van der Waals surface area contributed by atoms with Gasteiger partial charge in [-0.25, -0.2) is 0 Å². The second kappa shape index (κ2) is 8.01. The van der Waals surface area contributed by atoms with Gasteiger partial charge in [-0.1, -0.05) is 12.5 Å². The van der Waals surface area contributed by atoms with E-state index in [-0.39, 0.29) is 5.91 Å². The average molecular weight is 252 g/mol. The topological polar surface area (TPSA) is 55.1 Å². The lowest BCUT2D eigenvalue weighted by Gasteiger charge is -2.05. The lowest BCUT2D eigenvalue weighted by molar-refractivity contribution is 0.0953. The number of carbonyl (C=O) groups is 1. The quantitative estimate of drug-likeness (QED) is 0.579. The number of hydrogen-bond acceptors (Lipinski definition) is 3. The van der Waals surface area contributed by atoms with Crippen molar-refractivity contribution in [3.8, 4) is 0 Å². The van der Waals surface area contributed by atoms with E-state index >= 15 is 0 Å². The largest absolute Gasteiger partial charge is 0.399 e. The van der Waals surface area contributed by atoms with Gasteiger partial charge in [-0.3, -0.25) is 4.79 Å². The van der Waals surface area contributed by atoms with Gasteiger partial charge in [0.2, 0.25) is 0 Å². The van der Waals surface area contributed by atoms with Gasteiger partial charge in [0, 0.05) is 17.8 Å². The lowest BCUT2D eigenvalue weighted by atomic mass is 10.2. The van der Waals surface area contributed by atoms with Crippen molar-refractivity contribution in [1.29, 1.82) is 0 Å². The van der Waals surface area contributed by atoms with Crippen LogP contribution in [0.5, 0.6) is 0 Å². The van der Waals surface area contributed by atoms with Crippen molar-refractivity contribution < 1.29 is 4.79 Å². The summed E-state index contributed by atoms with van der Waals surface area (Å²) in [6, 6.07) is 7.05. The third-order valence-corrected chi connectivity index (χ3v) is 3.16. The number of rotatable bonds is 7. The Morgan fingerprint density at radius 3 is 2.88 bits per heavy atom. The minimum absolute atomic E-state index is 0.0397. The van der Waals surface area contributed by atoms with Crippen LogP contribution in [0.4, 0.5) is 5.69 Å². The summed E-state index contributed by atoms with van der Waals surface area (Å²) in [6.45, 7) is 0.738. The molecule has 0 aliphatic heterocycles. The Labute approximate surface area is 107 Å². The Morgan fingerprint density at radius 1 is 1.35 bits per heavy atom. The summed E-state index contributed by atoms with van der Waals surface area (Å²) in [5.41, 5.74) is 6.88. The Kier molecular flexibility index (Phi) is 6.55. The van der Waals surface area contributed by atoms with Crippen LogP contribution in [0.3, 0.4) is 0 Å². The van der Waals surface area contributed by atoms with Crippen LogP contribution >= 0.6 is 11.8 Å². The van der Waals surface area contributed by atoms with Crippen LogP contribution in [0.2, 0.25) is 0 Å². The van der Waals surface area contributed by atoms with Crippen LogP contribution in [0.1, 0.15) is 29.6 Å². The van der Waals surface area contributed by atoms with E-state index in [1.165, 1.54) is 12.2 Å². The van der Waals surface area contributed by atoms with Crippen molar-refractivity contribution in [2.24, 2.45) is 0 Å². The first kappa shape index (κ1) is 13.9. The van der Waals surface area contributed by atoms with Crippen molar-refractivity contribution in [3.63, 3.8) is 0 Å². The van der Waals surface area contributed by atoms with Crippen molar-refractivity contribution in [2.75, 3.05) is 24.3 Å². The van der Waals surface area contributed by atoms with Crippen molar-refractivity contribution in [3.05, 3.63) is 29.8 Å². The molecule has 3 nitrogen and oxygen atoms in total. The number of unbranched alkanes of at least 4 members (excludes halogenated alkanes) is 2. The molecule has 0 saturated carbocycles. The number of nitrogens with one attached hydrogen (secondary N) is 1. The normalized spacial score (nSPS) is 10.2. The second-order valence-electron chi connectivity index (χ2n) is 3.93. The highest BCUT2D eigenvalue weighted by molar-refractivity contribution is 7.98. The Hall–Kier alpha value is -1.16. The predicted molar refractivity (Wildman–Crippen MR) is 75.4 cm³/mol. The van der Waals surface area contributed by atoms with Crippen molar-refractivity contribution in [2.45, 2.75) is 19.3 Å². The molecular formula is C13H20N2OS. The molecule has 1 aromatic rings. The van der Waals surface area contributed by atoms with Crippen molar-refractivity contribution >= 4 is 23.4 Å². The molecule has 0 radical (unpaired) electrons. The van der Waals surface area contributed by atoms with Crippen molar-refractivity contribution in [1.82, 2.24) is 5.32 Å². The van der Waals surface area contributed by atoms with E-state index in [9.17, 15) is 4.79 Å². The highest BCUT2D eigenvalue weighted by Crippen LogP contribution is 2.06. The molecule has 3 N–H and O–H groups in total. The first-order valence-corrected chi connectivity index (χ1v) is 7.26. The molecule has 0 aromatic heterocycles. The van der Waals surface area contributed by atoms with E-state index in [1.54, 1.807) is 24.3 Å².